The summed E-state index contributed by atoms with van der Waals surface area (Å²) in [5.41, 5.74) is 0. The Morgan fingerprint density at radius 3 is 3.00 bits per heavy atom. The fourth-order valence-electron chi connectivity index (χ4n) is 0.459. The first kappa shape index (κ1) is 5.87. The molecular formula is C4H5N3O2. The van der Waals surface area contributed by atoms with Gasteiger partial charge in [-0.15, -0.1) is 0 Å². The molecule has 9 heavy (non-hydrogen) atoms. The summed E-state index contributed by atoms with van der Waals surface area (Å²) in [6, 6.07) is 0. The lowest BCUT2D eigenvalue weighted by atomic mass is 10.6. The minimum Gasteiger partial charge on any atom is -0.337 e. The third-order valence-electron chi connectivity index (χ3n) is 0.769. The van der Waals surface area contributed by atoms with Crippen molar-refractivity contribution in [3.8, 4) is 0 Å². The van der Waals surface area contributed by atoms with Crippen LogP contribution in [0.5, 0.6) is 0 Å². The van der Waals surface area contributed by atoms with Gasteiger partial charge in [-0.05, 0) is 6.92 Å². The number of hydrogen-bond acceptors (Lipinski definition) is 5. The summed E-state index contributed by atoms with van der Waals surface area (Å²) in [5.74, 6) is 0.788. The Morgan fingerprint density at radius 2 is 2.56 bits per heavy atom. The van der Waals surface area contributed by atoms with Crippen LogP contribution in [-0.2, 0) is 6.54 Å². The van der Waals surface area contributed by atoms with E-state index >= 15 is 0 Å². The minimum atomic E-state index is -0.0408. The van der Waals surface area contributed by atoms with E-state index < -0.39 is 0 Å². The number of nitroso groups, excluding NO2 is 1. The van der Waals surface area contributed by atoms with Crippen molar-refractivity contribution in [1.29, 1.82) is 0 Å². The molecule has 0 radical (unpaired) electrons. The van der Waals surface area contributed by atoms with Crippen LogP contribution in [0.15, 0.2) is 9.70 Å². The van der Waals surface area contributed by atoms with Crippen molar-refractivity contribution in [2.45, 2.75) is 13.5 Å². The van der Waals surface area contributed by atoms with Gasteiger partial charge in [-0.2, -0.15) is 9.89 Å². The van der Waals surface area contributed by atoms with Crippen LogP contribution in [0.4, 0.5) is 0 Å². The standard InChI is InChI=1S/C4H5N3O2/c1-3-6-4(2-5-8)9-7-3/h2H2,1H3. The van der Waals surface area contributed by atoms with Gasteiger partial charge in [-0.3, -0.25) is 0 Å². The highest BCUT2D eigenvalue weighted by atomic mass is 16.5. The Hall–Kier alpha value is -1.26. The van der Waals surface area contributed by atoms with Gasteiger partial charge in [0, 0.05) is 0 Å². The minimum absolute atomic E-state index is 0.0408. The van der Waals surface area contributed by atoms with E-state index in [1.165, 1.54) is 0 Å². The van der Waals surface area contributed by atoms with Gasteiger partial charge in [0.2, 0.25) is 0 Å². The molecule has 1 rings (SSSR count). The predicted molar refractivity (Wildman–Crippen MR) is 28.5 cm³/mol. The summed E-state index contributed by atoms with van der Waals surface area (Å²) in [6.45, 7) is 1.64. The highest BCUT2D eigenvalue weighted by Gasteiger charge is 1.99. The number of nitrogens with zero attached hydrogens (tertiary/aromatic N) is 3. The molecule has 5 heteroatoms. The second kappa shape index (κ2) is 2.34. The average Bonchev–Trinajstić information content (AvgIpc) is 2.17. The summed E-state index contributed by atoms with van der Waals surface area (Å²) in [5, 5.41) is 6.02. The average molecular weight is 127 g/mol. The zero-order chi connectivity index (χ0) is 6.69. The monoisotopic (exact) mass is 127 g/mol. The first-order valence-electron chi connectivity index (χ1n) is 2.41. The van der Waals surface area contributed by atoms with Crippen LogP contribution in [0.3, 0.4) is 0 Å². The molecule has 0 bridgehead atoms. The number of aryl methyl sites for hydroxylation is 1. The van der Waals surface area contributed by atoms with Crippen molar-refractivity contribution in [2.24, 2.45) is 5.18 Å². The molecule has 0 amide bonds. The van der Waals surface area contributed by atoms with Crippen molar-refractivity contribution in [1.82, 2.24) is 10.1 Å². The zero-order valence-electron chi connectivity index (χ0n) is 4.87. The molecule has 0 N–H and O–H groups in total. The molecule has 48 valence electrons. The molecule has 0 aromatic carbocycles. The predicted octanol–water partition coefficient (Wildman–Crippen LogP) is 0.644. The van der Waals surface area contributed by atoms with Crippen molar-refractivity contribution in [3.63, 3.8) is 0 Å². The van der Waals surface area contributed by atoms with Gasteiger partial charge in [0.15, 0.2) is 12.4 Å². The zero-order valence-corrected chi connectivity index (χ0v) is 4.87. The molecule has 0 spiro atoms. The number of hydrogen-bond donors (Lipinski definition) is 0. The van der Waals surface area contributed by atoms with Crippen LogP contribution < -0.4 is 0 Å². The molecule has 0 saturated carbocycles. The third kappa shape index (κ3) is 1.31. The summed E-state index contributed by atoms with van der Waals surface area (Å²) < 4.78 is 4.55. The van der Waals surface area contributed by atoms with E-state index in [-0.39, 0.29) is 12.4 Å². The first-order chi connectivity index (χ1) is 4.33. The van der Waals surface area contributed by atoms with E-state index in [2.05, 4.69) is 19.8 Å². The topological polar surface area (TPSA) is 68.3 Å². The van der Waals surface area contributed by atoms with Crippen molar-refractivity contribution >= 4 is 0 Å². The van der Waals surface area contributed by atoms with E-state index in [4.69, 9.17) is 0 Å². The van der Waals surface area contributed by atoms with Crippen LogP contribution in [0.1, 0.15) is 11.7 Å². The van der Waals surface area contributed by atoms with E-state index in [1.54, 1.807) is 6.92 Å². The summed E-state index contributed by atoms with van der Waals surface area (Å²) >= 11 is 0. The fraction of sp³-hybridized carbons (Fsp3) is 0.500. The SMILES string of the molecule is Cc1noc(CN=O)n1. The second-order valence-corrected chi connectivity index (χ2v) is 1.52. The molecule has 1 aromatic rings. The Morgan fingerprint density at radius 1 is 1.78 bits per heavy atom. The maximum absolute atomic E-state index is 9.61. The molecule has 0 aliphatic carbocycles. The highest BCUT2D eigenvalue weighted by molar-refractivity contribution is 4.81. The molecule has 0 aliphatic heterocycles. The second-order valence-electron chi connectivity index (χ2n) is 1.52. The van der Waals surface area contributed by atoms with Crippen molar-refractivity contribution in [2.75, 3.05) is 0 Å². The quantitative estimate of drug-likeness (QED) is 0.547. The van der Waals surface area contributed by atoms with Gasteiger partial charge in [0.1, 0.15) is 0 Å². The Bertz CT molecular complexity index is 207. The van der Waals surface area contributed by atoms with Crippen LogP contribution in [0.2, 0.25) is 0 Å². The maximum atomic E-state index is 9.61. The van der Waals surface area contributed by atoms with E-state index in [1.807, 2.05) is 0 Å². The Kier molecular flexibility index (Phi) is 1.53. The van der Waals surface area contributed by atoms with E-state index in [0.29, 0.717) is 5.82 Å². The summed E-state index contributed by atoms with van der Waals surface area (Å²) in [6.07, 6.45) is 0. The lowest BCUT2D eigenvalue weighted by Crippen LogP contribution is -1.78. The molecule has 0 fully saturated rings. The highest BCUT2D eigenvalue weighted by Crippen LogP contribution is 1.95. The van der Waals surface area contributed by atoms with Crippen molar-refractivity contribution < 1.29 is 4.52 Å². The third-order valence-corrected chi connectivity index (χ3v) is 0.769. The lowest BCUT2D eigenvalue weighted by Gasteiger charge is -1.74. The van der Waals surface area contributed by atoms with Crippen LogP contribution >= 0.6 is 0 Å². The first-order valence-corrected chi connectivity index (χ1v) is 2.41. The van der Waals surface area contributed by atoms with Crippen LogP contribution in [-0.4, -0.2) is 10.1 Å². The van der Waals surface area contributed by atoms with Crippen LogP contribution in [0, 0.1) is 11.8 Å². The fourth-order valence-corrected chi connectivity index (χ4v) is 0.459. The molecule has 0 saturated heterocycles. The van der Waals surface area contributed by atoms with Gasteiger partial charge in [-0.1, -0.05) is 10.3 Å². The normalized spacial score (nSPS) is 9.44. The molecule has 5 nitrogen and oxygen atoms in total. The Labute approximate surface area is 51.0 Å². The molecular weight excluding hydrogens is 122 g/mol. The molecule has 0 unspecified atom stereocenters. The molecule has 1 aromatic heterocycles. The van der Waals surface area contributed by atoms with Gasteiger partial charge in [-0.25, -0.2) is 0 Å². The summed E-state index contributed by atoms with van der Waals surface area (Å²) in [7, 11) is 0. The van der Waals surface area contributed by atoms with Gasteiger partial charge < -0.3 is 4.52 Å². The maximum Gasteiger partial charge on any atom is 0.251 e. The van der Waals surface area contributed by atoms with Gasteiger partial charge >= 0.3 is 0 Å². The molecule has 0 aliphatic rings. The lowest BCUT2D eigenvalue weighted by molar-refractivity contribution is 0.376. The van der Waals surface area contributed by atoms with Gasteiger partial charge in [0.25, 0.3) is 5.89 Å². The largest absolute Gasteiger partial charge is 0.337 e. The Balaban J connectivity index is 2.72. The number of aromatic nitrogens is 2. The van der Waals surface area contributed by atoms with Crippen molar-refractivity contribution in [3.05, 3.63) is 16.6 Å². The molecule has 0 atom stereocenters. The molecule has 1 heterocycles. The van der Waals surface area contributed by atoms with E-state index in [0.717, 1.165) is 0 Å². The number of rotatable bonds is 2. The summed E-state index contributed by atoms with van der Waals surface area (Å²) in [4.78, 5) is 13.3. The van der Waals surface area contributed by atoms with Crippen LogP contribution in [0.25, 0.3) is 0 Å². The van der Waals surface area contributed by atoms with E-state index in [9.17, 15) is 4.91 Å². The smallest absolute Gasteiger partial charge is 0.251 e. The van der Waals surface area contributed by atoms with Gasteiger partial charge in [0.05, 0.1) is 0 Å².